The highest BCUT2D eigenvalue weighted by Gasteiger charge is 2.18. The molecule has 61 heavy (non-hydrogen) atoms. The minimum absolute atomic E-state index is 0.484. The highest BCUT2D eigenvalue weighted by Crippen LogP contribution is 2.35. The minimum Gasteiger partial charge on any atom is -0.302 e. The summed E-state index contributed by atoms with van der Waals surface area (Å²) in [6, 6.07) is 34.2. The van der Waals surface area contributed by atoms with E-state index in [0.717, 1.165) is 47.5 Å². The molecule has 0 radical (unpaired) electrons. The molecule has 4 aromatic rings. The molecule has 1 aliphatic carbocycles. The number of hydrogen-bond acceptors (Lipinski definition) is 1. The average Bonchev–Trinajstić information content (AvgIpc) is 3.29. The Hall–Kier alpha value is -6.25. The van der Waals surface area contributed by atoms with Crippen molar-refractivity contribution in [2.24, 2.45) is 10.9 Å². The first-order chi connectivity index (χ1) is 29.7. The zero-order valence-electron chi connectivity index (χ0n) is 38.8. The second kappa shape index (κ2) is 26.8. The molecule has 0 N–H and O–H groups in total. The molecular weight excluding hydrogens is 737 g/mol. The monoisotopic (exact) mass is 807 g/mol. The SMILES string of the molecule is C=C/C=C(\C=C/N(C(=NC)/C(=C/C=C\C)CC)c1ccccc1C)c1ccc(C)c(C(/C=C\C)=C(/C=C)CC2CC=CC=C2C)c1.CC.Cc1ccc(-c2ccccc2)cc1. The molecule has 316 valence electrons. The maximum absolute atomic E-state index is 4.80. The van der Waals surface area contributed by atoms with Gasteiger partial charge in [0.05, 0.1) is 0 Å². The quantitative estimate of drug-likeness (QED) is 0.0704. The number of amidine groups is 1. The molecule has 0 aliphatic heterocycles. The molecule has 0 spiro atoms. The molecular formula is C59H70N2. The summed E-state index contributed by atoms with van der Waals surface area (Å²) in [6.45, 7) is 27.3. The number of benzene rings is 4. The van der Waals surface area contributed by atoms with Crippen molar-refractivity contribution in [3.8, 4) is 11.1 Å². The van der Waals surface area contributed by atoms with E-state index in [1.165, 1.54) is 50.1 Å². The van der Waals surface area contributed by atoms with Crippen molar-refractivity contribution in [3.05, 3.63) is 234 Å². The Morgan fingerprint density at radius 1 is 0.787 bits per heavy atom. The van der Waals surface area contributed by atoms with E-state index in [1.54, 1.807) is 0 Å². The van der Waals surface area contributed by atoms with Gasteiger partial charge in [-0.25, -0.2) is 0 Å². The molecule has 0 bridgehead atoms. The molecule has 1 atom stereocenters. The van der Waals surface area contributed by atoms with Crippen LogP contribution in [0.5, 0.6) is 0 Å². The number of anilines is 1. The summed E-state index contributed by atoms with van der Waals surface area (Å²) < 4.78 is 0. The second-order valence-electron chi connectivity index (χ2n) is 14.8. The molecule has 0 amide bonds. The molecule has 0 saturated heterocycles. The third kappa shape index (κ3) is 14.5. The van der Waals surface area contributed by atoms with Crippen LogP contribution in [0, 0.1) is 26.7 Å². The number of hydrogen-bond donors (Lipinski definition) is 0. The van der Waals surface area contributed by atoms with Gasteiger partial charge in [0.2, 0.25) is 0 Å². The van der Waals surface area contributed by atoms with Gasteiger partial charge in [-0.1, -0.05) is 197 Å². The van der Waals surface area contributed by atoms with E-state index < -0.39 is 0 Å². The van der Waals surface area contributed by atoms with Crippen molar-refractivity contribution in [3.63, 3.8) is 0 Å². The highest BCUT2D eigenvalue weighted by molar-refractivity contribution is 6.11. The van der Waals surface area contributed by atoms with Crippen LogP contribution in [0.3, 0.4) is 0 Å². The van der Waals surface area contributed by atoms with Crippen molar-refractivity contribution in [1.82, 2.24) is 0 Å². The lowest BCUT2D eigenvalue weighted by molar-refractivity contribution is 0.616. The Balaban J connectivity index is 0.000000553. The third-order valence-corrected chi connectivity index (χ3v) is 10.6. The molecule has 5 rings (SSSR count). The number of aryl methyl sites for hydroxylation is 3. The van der Waals surface area contributed by atoms with E-state index in [1.807, 2.05) is 46.0 Å². The highest BCUT2D eigenvalue weighted by atomic mass is 15.2. The van der Waals surface area contributed by atoms with Crippen LogP contribution in [0.1, 0.15) is 88.6 Å². The van der Waals surface area contributed by atoms with Crippen molar-refractivity contribution >= 4 is 22.7 Å². The van der Waals surface area contributed by atoms with Crippen molar-refractivity contribution in [2.45, 2.75) is 81.6 Å². The fourth-order valence-corrected chi connectivity index (χ4v) is 7.20. The lowest BCUT2D eigenvalue weighted by Crippen LogP contribution is -2.27. The van der Waals surface area contributed by atoms with E-state index in [4.69, 9.17) is 4.99 Å². The molecule has 2 heteroatoms. The summed E-state index contributed by atoms with van der Waals surface area (Å²) in [5.74, 6) is 1.40. The Kier molecular flexibility index (Phi) is 21.6. The van der Waals surface area contributed by atoms with Gasteiger partial charge in [-0.2, -0.15) is 0 Å². The van der Waals surface area contributed by atoms with Crippen molar-refractivity contribution in [1.29, 1.82) is 0 Å². The zero-order chi connectivity index (χ0) is 44.6. The van der Waals surface area contributed by atoms with E-state index in [-0.39, 0.29) is 0 Å². The Morgan fingerprint density at radius 2 is 1.48 bits per heavy atom. The van der Waals surface area contributed by atoms with E-state index in [2.05, 4.69) is 218 Å². The lowest BCUT2D eigenvalue weighted by Gasteiger charge is -2.26. The van der Waals surface area contributed by atoms with Crippen LogP contribution in [0.4, 0.5) is 5.69 Å². The smallest absolute Gasteiger partial charge is 0.135 e. The van der Waals surface area contributed by atoms with Gasteiger partial charge in [0.25, 0.3) is 0 Å². The number of rotatable bonds is 14. The zero-order valence-corrected chi connectivity index (χ0v) is 38.8. The summed E-state index contributed by atoms with van der Waals surface area (Å²) in [4.78, 5) is 7.00. The molecule has 0 heterocycles. The largest absolute Gasteiger partial charge is 0.302 e. The standard InChI is InChI=1S/C44H52N2.C13H12.C2H6/c1-10-15-24-36(13-4)44(45-9)46(43-26-19-17-23-35(43)8)30-29-38(20-11-2)40-28-27-34(7)42(32-40)41(21-12-3)37(14-5)31-39-25-18-16-22-33(39)6;1-11-7-9-13(10-8-11)12-5-3-2-4-6-12;1-2/h10-12,14-24,26-30,32,39H,2,5,13,25,31H2,1,3-4,6-9H3;2-10H,1H3;1-2H3/b15-10-,21-12-,30-29-,36-24+,38-20+,41-37-,45-44?;;. The number of allylic oxidation sites excluding steroid dienone is 16. The van der Waals surface area contributed by atoms with Crippen LogP contribution >= 0.6 is 0 Å². The van der Waals surface area contributed by atoms with Crippen LogP contribution in [0.2, 0.25) is 0 Å². The van der Waals surface area contributed by atoms with Gasteiger partial charge < -0.3 is 4.90 Å². The van der Waals surface area contributed by atoms with Gasteiger partial charge in [-0.15, -0.1) is 0 Å². The van der Waals surface area contributed by atoms with E-state index in [9.17, 15) is 0 Å². The maximum atomic E-state index is 4.80. The molecule has 0 fully saturated rings. The summed E-state index contributed by atoms with van der Waals surface area (Å²) >= 11 is 0. The predicted molar refractivity (Wildman–Crippen MR) is 274 cm³/mol. The third-order valence-electron chi connectivity index (χ3n) is 10.6. The molecule has 2 nitrogen and oxygen atoms in total. The molecule has 1 aliphatic rings. The average molecular weight is 807 g/mol. The van der Waals surface area contributed by atoms with E-state index >= 15 is 0 Å². The van der Waals surface area contributed by atoms with Gasteiger partial charge in [0.1, 0.15) is 5.84 Å². The van der Waals surface area contributed by atoms with Gasteiger partial charge in [-0.05, 0) is 141 Å². The van der Waals surface area contributed by atoms with Gasteiger partial charge in [0.15, 0.2) is 0 Å². The Bertz CT molecular complexity index is 2300. The summed E-state index contributed by atoms with van der Waals surface area (Å²) in [5.41, 5.74) is 15.9. The fraction of sp³-hybridized carbons (Fsp3) is 0.237. The first-order valence-electron chi connectivity index (χ1n) is 21.9. The minimum atomic E-state index is 0.484. The Morgan fingerprint density at radius 3 is 2.08 bits per heavy atom. The van der Waals surface area contributed by atoms with Crippen molar-refractivity contribution < 1.29 is 0 Å². The molecule has 0 aromatic heterocycles. The van der Waals surface area contributed by atoms with Crippen LogP contribution < -0.4 is 4.90 Å². The van der Waals surface area contributed by atoms with Gasteiger partial charge in [-0.3, -0.25) is 4.99 Å². The first-order valence-corrected chi connectivity index (χ1v) is 21.9. The number of nitrogens with zero attached hydrogens (tertiary/aromatic N) is 2. The Labute approximate surface area is 370 Å². The normalized spacial score (nSPS) is 14.8. The topological polar surface area (TPSA) is 15.6 Å². The lowest BCUT2D eigenvalue weighted by atomic mass is 9.83. The van der Waals surface area contributed by atoms with Crippen LogP contribution in [-0.4, -0.2) is 12.9 Å². The maximum Gasteiger partial charge on any atom is 0.135 e. The molecule has 4 aromatic carbocycles. The number of aliphatic imine (C=N–C) groups is 1. The molecule has 0 saturated carbocycles. The van der Waals surface area contributed by atoms with Crippen LogP contribution in [-0.2, 0) is 0 Å². The van der Waals surface area contributed by atoms with Gasteiger partial charge >= 0.3 is 0 Å². The predicted octanol–water partition coefficient (Wildman–Crippen LogP) is 17.0. The van der Waals surface area contributed by atoms with E-state index in [0.29, 0.717) is 5.92 Å². The summed E-state index contributed by atoms with van der Waals surface area (Å²) in [6.07, 6.45) is 30.5. The number of para-hydroxylation sites is 1. The second-order valence-corrected chi connectivity index (χ2v) is 14.8. The van der Waals surface area contributed by atoms with Crippen molar-refractivity contribution in [2.75, 3.05) is 11.9 Å². The fourth-order valence-electron chi connectivity index (χ4n) is 7.20. The summed E-state index contributed by atoms with van der Waals surface area (Å²) in [7, 11) is 1.87. The molecule has 1 unspecified atom stereocenters. The summed E-state index contributed by atoms with van der Waals surface area (Å²) in [5, 5.41) is 0. The first kappa shape index (κ1) is 49.1. The van der Waals surface area contributed by atoms with Crippen LogP contribution in [0.15, 0.2) is 211 Å². The van der Waals surface area contributed by atoms with Gasteiger partial charge in [0, 0.05) is 18.9 Å². The van der Waals surface area contributed by atoms with Crippen LogP contribution in [0.25, 0.3) is 22.3 Å².